The van der Waals surface area contributed by atoms with E-state index in [0.29, 0.717) is 0 Å². The minimum Gasteiger partial charge on any atom is -0.339 e. The maximum absolute atomic E-state index is 11.7. The van der Waals surface area contributed by atoms with E-state index in [0.717, 1.165) is 38.8 Å². The van der Waals surface area contributed by atoms with E-state index in [4.69, 9.17) is 6.42 Å². The number of carbonyl (C=O) groups is 1. The molecule has 0 radical (unpaired) electrons. The lowest BCUT2D eigenvalue weighted by Crippen LogP contribution is -2.34. The van der Waals surface area contributed by atoms with E-state index >= 15 is 0 Å². The average molecular weight is 241 g/mol. The Balaban J connectivity index is 2.21. The third-order valence-electron chi connectivity index (χ3n) is 2.75. The standard InChI is InChI=1S/C16H19NO/c1-2-3-4-5-6-7-8-10-13-16(18)17-14-11-9-12-15-17/h1,7-8,10,13H,5-6,9,11-12,14-15H2/b8-7+,13-10+. The van der Waals surface area contributed by atoms with Gasteiger partial charge >= 0.3 is 0 Å². The summed E-state index contributed by atoms with van der Waals surface area (Å²) in [4.78, 5) is 13.6. The number of hydrogen-bond donors (Lipinski definition) is 0. The molecule has 2 nitrogen and oxygen atoms in total. The van der Waals surface area contributed by atoms with Crippen LogP contribution in [0.25, 0.3) is 0 Å². The molecular weight excluding hydrogens is 222 g/mol. The highest BCUT2D eigenvalue weighted by molar-refractivity contribution is 5.87. The molecule has 1 aliphatic heterocycles. The lowest BCUT2D eigenvalue weighted by atomic mass is 10.1. The van der Waals surface area contributed by atoms with Gasteiger partial charge in [-0.2, -0.15) is 0 Å². The fraction of sp³-hybridized carbons (Fsp3) is 0.438. The highest BCUT2D eigenvalue weighted by atomic mass is 16.2. The van der Waals surface area contributed by atoms with E-state index < -0.39 is 0 Å². The van der Waals surface area contributed by atoms with E-state index in [1.54, 1.807) is 12.2 Å². The Bertz CT molecular complexity index is 409. The van der Waals surface area contributed by atoms with Crippen molar-refractivity contribution in [3.8, 4) is 24.2 Å². The van der Waals surface area contributed by atoms with Crippen LogP contribution in [0.15, 0.2) is 24.3 Å². The summed E-state index contributed by atoms with van der Waals surface area (Å²) >= 11 is 0. The number of piperidine rings is 1. The van der Waals surface area contributed by atoms with Crippen LogP contribution in [0.5, 0.6) is 0 Å². The molecule has 0 N–H and O–H groups in total. The maximum atomic E-state index is 11.7. The summed E-state index contributed by atoms with van der Waals surface area (Å²) in [5.74, 6) is 7.80. The SMILES string of the molecule is C#CC#CCC/C=C/C=C/C(=O)N1CCCCC1. The second-order valence-corrected chi connectivity index (χ2v) is 4.16. The minimum atomic E-state index is 0.117. The smallest absolute Gasteiger partial charge is 0.246 e. The van der Waals surface area contributed by atoms with Crippen LogP contribution >= 0.6 is 0 Å². The molecule has 18 heavy (non-hydrogen) atoms. The van der Waals surface area contributed by atoms with Gasteiger partial charge in [0.1, 0.15) is 0 Å². The lowest BCUT2D eigenvalue weighted by Gasteiger charge is -2.25. The Kier molecular flexibility index (Phi) is 7.17. The molecule has 2 heteroatoms. The van der Waals surface area contributed by atoms with E-state index in [-0.39, 0.29) is 5.91 Å². The topological polar surface area (TPSA) is 20.3 Å². The largest absolute Gasteiger partial charge is 0.339 e. The minimum absolute atomic E-state index is 0.117. The highest BCUT2D eigenvalue weighted by Crippen LogP contribution is 2.08. The summed E-state index contributed by atoms with van der Waals surface area (Å²) in [6.07, 6.45) is 17.4. The quantitative estimate of drug-likeness (QED) is 0.320. The number of terminal acetylenes is 1. The van der Waals surface area contributed by atoms with Crippen LogP contribution in [-0.4, -0.2) is 23.9 Å². The van der Waals surface area contributed by atoms with E-state index in [2.05, 4.69) is 17.8 Å². The van der Waals surface area contributed by atoms with Crippen LogP contribution in [0.4, 0.5) is 0 Å². The Morgan fingerprint density at radius 3 is 2.72 bits per heavy atom. The zero-order valence-corrected chi connectivity index (χ0v) is 10.7. The van der Waals surface area contributed by atoms with Crippen molar-refractivity contribution >= 4 is 5.91 Å². The summed E-state index contributed by atoms with van der Waals surface area (Å²) in [6, 6.07) is 0. The molecule has 0 aromatic carbocycles. The highest BCUT2D eigenvalue weighted by Gasteiger charge is 2.12. The van der Waals surface area contributed by atoms with Crippen molar-refractivity contribution in [1.29, 1.82) is 0 Å². The van der Waals surface area contributed by atoms with Crippen LogP contribution < -0.4 is 0 Å². The average Bonchev–Trinajstić information content (AvgIpc) is 2.42. The van der Waals surface area contributed by atoms with Gasteiger partial charge in [-0.3, -0.25) is 4.79 Å². The summed E-state index contributed by atoms with van der Waals surface area (Å²) < 4.78 is 0. The second kappa shape index (κ2) is 9.14. The van der Waals surface area contributed by atoms with Crippen LogP contribution in [0.3, 0.4) is 0 Å². The van der Waals surface area contributed by atoms with Crippen LogP contribution in [0.1, 0.15) is 32.1 Å². The van der Waals surface area contributed by atoms with Gasteiger partial charge in [0.05, 0.1) is 0 Å². The van der Waals surface area contributed by atoms with Gasteiger partial charge in [0.2, 0.25) is 5.91 Å². The molecule has 0 spiro atoms. The monoisotopic (exact) mass is 241 g/mol. The van der Waals surface area contributed by atoms with Gasteiger partial charge in [0.25, 0.3) is 0 Å². The third kappa shape index (κ3) is 5.97. The fourth-order valence-corrected chi connectivity index (χ4v) is 1.80. The van der Waals surface area contributed by atoms with Gasteiger partial charge < -0.3 is 4.90 Å². The molecule has 1 aliphatic rings. The number of carbonyl (C=O) groups excluding carboxylic acids is 1. The molecule has 1 heterocycles. The zero-order chi connectivity index (χ0) is 13.1. The van der Waals surface area contributed by atoms with Crippen molar-refractivity contribution in [3.05, 3.63) is 24.3 Å². The van der Waals surface area contributed by atoms with Gasteiger partial charge in [-0.05, 0) is 37.5 Å². The molecule has 1 fully saturated rings. The van der Waals surface area contributed by atoms with Crippen molar-refractivity contribution in [1.82, 2.24) is 4.90 Å². The van der Waals surface area contributed by atoms with E-state index in [1.807, 2.05) is 17.1 Å². The van der Waals surface area contributed by atoms with Crippen molar-refractivity contribution in [3.63, 3.8) is 0 Å². The maximum Gasteiger partial charge on any atom is 0.246 e. The number of rotatable bonds is 4. The van der Waals surface area contributed by atoms with Crippen molar-refractivity contribution in [2.45, 2.75) is 32.1 Å². The summed E-state index contributed by atoms with van der Waals surface area (Å²) in [5, 5.41) is 0. The van der Waals surface area contributed by atoms with Crippen molar-refractivity contribution in [2.24, 2.45) is 0 Å². The number of unbranched alkanes of at least 4 members (excludes halogenated alkanes) is 1. The van der Waals surface area contributed by atoms with E-state index in [9.17, 15) is 4.79 Å². The molecule has 1 rings (SSSR count). The number of nitrogens with zero attached hydrogens (tertiary/aromatic N) is 1. The van der Waals surface area contributed by atoms with Crippen molar-refractivity contribution < 1.29 is 4.79 Å². The van der Waals surface area contributed by atoms with Gasteiger partial charge in [0, 0.05) is 25.6 Å². The second-order valence-electron chi connectivity index (χ2n) is 4.16. The third-order valence-corrected chi connectivity index (χ3v) is 2.75. The summed E-state index contributed by atoms with van der Waals surface area (Å²) in [5.41, 5.74) is 0. The molecule has 0 aromatic heterocycles. The molecule has 0 aliphatic carbocycles. The van der Waals surface area contributed by atoms with Gasteiger partial charge in [-0.25, -0.2) is 0 Å². The molecule has 94 valence electrons. The Hall–Kier alpha value is -1.93. The zero-order valence-electron chi connectivity index (χ0n) is 10.7. The van der Waals surface area contributed by atoms with Crippen molar-refractivity contribution in [2.75, 3.05) is 13.1 Å². The summed E-state index contributed by atoms with van der Waals surface area (Å²) in [7, 11) is 0. The molecule has 0 saturated carbocycles. The normalized spacial score (nSPS) is 15.4. The molecule has 0 bridgehead atoms. The number of allylic oxidation sites excluding steroid dienone is 3. The van der Waals surface area contributed by atoms with Gasteiger partial charge in [-0.15, -0.1) is 6.42 Å². The van der Waals surface area contributed by atoms with Gasteiger partial charge in [0.15, 0.2) is 0 Å². The van der Waals surface area contributed by atoms with E-state index in [1.165, 1.54) is 6.42 Å². The molecule has 1 amide bonds. The van der Waals surface area contributed by atoms with Gasteiger partial charge in [-0.1, -0.05) is 24.1 Å². The Morgan fingerprint density at radius 1 is 1.22 bits per heavy atom. The first-order valence-corrected chi connectivity index (χ1v) is 6.40. The van der Waals surface area contributed by atoms with Crippen LogP contribution in [0, 0.1) is 24.2 Å². The summed E-state index contributed by atoms with van der Waals surface area (Å²) in [6.45, 7) is 1.79. The fourth-order valence-electron chi connectivity index (χ4n) is 1.80. The Morgan fingerprint density at radius 2 is 2.00 bits per heavy atom. The molecule has 0 atom stereocenters. The lowest BCUT2D eigenvalue weighted by molar-refractivity contribution is -0.126. The number of amides is 1. The first kappa shape index (κ1) is 14.1. The Labute approximate surface area is 110 Å². The predicted octanol–water partition coefficient (Wildman–Crippen LogP) is 2.53. The predicted molar refractivity (Wildman–Crippen MR) is 74.6 cm³/mol. The molecule has 0 aromatic rings. The molecule has 1 saturated heterocycles. The first-order chi connectivity index (χ1) is 8.84. The first-order valence-electron chi connectivity index (χ1n) is 6.40. The number of hydrogen-bond acceptors (Lipinski definition) is 1. The molecule has 0 unspecified atom stereocenters. The molecular formula is C16H19NO. The number of likely N-dealkylation sites (tertiary alicyclic amines) is 1. The van der Waals surface area contributed by atoms with Crippen LogP contribution in [-0.2, 0) is 4.79 Å². The van der Waals surface area contributed by atoms with Crippen LogP contribution in [0.2, 0.25) is 0 Å².